The minimum Gasteiger partial charge on any atom is -0.433 e. The summed E-state index contributed by atoms with van der Waals surface area (Å²) in [4.78, 5) is 11.4. The van der Waals surface area contributed by atoms with Gasteiger partial charge in [-0.05, 0) is 18.8 Å². The Labute approximate surface area is 102 Å². The predicted octanol–water partition coefficient (Wildman–Crippen LogP) is 2.10. The van der Waals surface area contributed by atoms with Crippen LogP contribution in [-0.4, -0.2) is 31.5 Å². The Bertz CT molecular complexity index is 301. The van der Waals surface area contributed by atoms with E-state index < -0.39 is 6.16 Å². The number of ether oxygens (including phenoxy) is 2. The SMILES string of the molecule is CC(C)NCCOC(=O)OC1CC2C=CC1C2. The number of nitrogens with one attached hydrogen (secondary N) is 1. The quantitative estimate of drug-likeness (QED) is 0.453. The fourth-order valence-electron chi connectivity index (χ4n) is 2.51. The molecule has 2 aliphatic rings. The van der Waals surface area contributed by atoms with E-state index in [2.05, 4.69) is 31.3 Å². The molecule has 0 spiro atoms. The van der Waals surface area contributed by atoms with Gasteiger partial charge >= 0.3 is 6.16 Å². The van der Waals surface area contributed by atoms with E-state index >= 15 is 0 Å². The van der Waals surface area contributed by atoms with Crippen LogP contribution in [0, 0.1) is 11.8 Å². The number of hydrogen-bond acceptors (Lipinski definition) is 4. The molecule has 96 valence electrons. The third kappa shape index (κ3) is 3.46. The van der Waals surface area contributed by atoms with Crippen LogP contribution in [0.25, 0.3) is 0 Å². The van der Waals surface area contributed by atoms with Gasteiger partial charge in [-0.3, -0.25) is 0 Å². The molecule has 4 heteroatoms. The molecule has 3 unspecified atom stereocenters. The maximum Gasteiger partial charge on any atom is 0.508 e. The molecule has 0 aromatic rings. The van der Waals surface area contributed by atoms with Gasteiger partial charge in [-0.2, -0.15) is 0 Å². The largest absolute Gasteiger partial charge is 0.508 e. The lowest BCUT2D eigenvalue weighted by Gasteiger charge is -2.18. The molecule has 1 saturated carbocycles. The molecular weight excluding hydrogens is 218 g/mol. The normalized spacial score (nSPS) is 29.9. The first-order valence-electron chi connectivity index (χ1n) is 6.40. The molecular formula is C13H21NO3. The van der Waals surface area contributed by atoms with Gasteiger partial charge in [-0.25, -0.2) is 4.79 Å². The summed E-state index contributed by atoms with van der Waals surface area (Å²) in [5.74, 6) is 1.03. The molecule has 2 rings (SSSR count). The molecule has 17 heavy (non-hydrogen) atoms. The van der Waals surface area contributed by atoms with Gasteiger partial charge in [0.15, 0.2) is 0 Å². The van der Waals surface area contributed by atoms with Crippen molar-refractivity contribution in [2.75, 3.05) is 13.2 Å². The molecule has 0 radical (unpaired) electrons. The first-order chi connectivity index (χ1) is 8.15. The Hall–Kier alpha value is -1.03. The van der Waals surface area contributed by atoms with Gasteiger partial charge in [-0.15, -0.1) is 0 Å². The van der Waals surface area contributed by atoms with E-state index in [1.165, 1.54) is 0 Å². The Balaban J connectivity index is 1.60. The lowest BCUT2D eigenvalue weighted by Crippen LogP contribution is -2.29. The number of carbonyl (C=O) groups is 1. The topological polar surface area (TPSA) is 47.6 Å². The van der Waals surface area contributed by atoms with Crippen molar-refractivity contribution in [3.05, 3.63) is 12.2 Å². The summed E-state index contributed by atoms with van der Waals surface area (Å²) < 4.78 is 10.3. The molecule has 0 aromatic carbocycles. The second-order valence-corrected chi connectivity index (χ2v) is 5.14. The minimum absolute atomic E-state index is 0.0376. The third-order valence-corrected chi connectivity index (χ3v) is 3.34. The Kier molecular flexibility index (Phi) is 4.05. The monoisotopic (exact) mass is 239 g/mol. The fourth-order valence-corrected chi connectivity index (χ4v) is 2.51. The first kappa shape index (κ1) is 12.4. The highest BCUT2D eigenvalue weighted by atomic mass is 16.7. The average molecular weight is 239 g/mol. The molecule has 0 saturated heterocycles. The molecule has 0 aromatic heterocycles. The van der Waals surface area contributed by atoms with Crippen LogP contribution in [0.5, 0.6) is 0 Å². The third-order valence-electron chi connectivity index (χ3n) is 3.34. The van der Waals surface area contributed by atoms with Crippen molar-refractivity contribution >= 4 is 6.16 Å². The van der Waals surface area contributed by atoms with Gasteiger partial charge in [-0.1, -0.05) is 26.0 Å². The summed E-state index contributed by atoms with van der Waals surface area (Å²) in [5.41, 5.74) is 0. The molecule has 1 fully saturated rings. The molecule has 0 heterocycles. The van der Waals surface area contributed by atoms with Crippen molar-refractivity contribution in [2.45, 2.75) is 38.8 Å². The summed E-state index contributed by atoms with van der Waals surface area (Å²) in [5, 5.41) is 3.18. The lowest BCUT2D eigenvalue weighted by molar-refractivity contribution is 0.0156. The molecule has 1 N–H and O–H groups in total. The van der Waals surface area contributed by atoms with Crippen molar-refractivity contribution in [1.29, 1.82) is 0 Å². The summed E-state index contributed by atoms with van der Waals surface area (Å²) in [6.45, 7) is 5.15. The summed E-state index contributed by atoms with van der Waals surface area (Å²) in [6, 6.07) is 0.408. The van der Waals surface area contributed by atoms with E-state index in [-0.39, 0.29) is 6.10 Å². The van der Waals surface area contributed by atoms with E-state index in [1.807, 2.05) is 0 Å². The highest BCUT2D eigenvalue weighted by Crippen LogP contribution is 2.40. The highest BCUT2D eigenvalue weighted by molar-refractivity contribution is 5.60. The Morgan fingerprint density at radius 2 is 2.24 bits per heavy atom. The maximum atomic E-state index is 11.4. The zero-order valence-corrected chi connectivity index (χ0v) is 10.5. The van der Waals surface area contributed by atoms with Crippen LogP contribution in [-0.2, 0) is 9.47 Å². The number of carbonyl (C=O) groups excluding carboxylic acids is 1. The van der Waals surface area contributed by atoms with Gasteiger partial charge in [0.05, 0.1) is 0 Å². The van der Waals surface area contributed by atoms with Crippen molar-refractivity contribution in [1.82, 2.24) is 5.32 Å². The molecule has 2 aliphatic carbocycles. The van der Waals surface area contributed by atoms with Crippen LogP contribution in [0.3, 0.4) is 0 Å². The number of allylic oxidation sites excluding steroid dienone is 1. The zero-order valence-electron chi connectivity index (χ0n) is 10.5. The van der Waals surface area contributed by atoms with Crippen molar-refractivity contribution in [2.24, 2.45) is 11.8 Å². The molecule has 0 aliphatic heterocycles. The Morgan fingerprint density at radius 3 is 2.82 bits per heavy atom. The summed E-state index contributed by atoms with van der Waals surface area (Å²) >= 11 is 0. The van der Waals surface area contributed by atoms with Crippen LogP contribution in [0.4, 0.5) is 4.79 Å². The van der Waals surface area contributed by atoms with Crippen molar-refractivity contribution in [3.63, 3.8) is 0 Å². The first-order valence-corrected chi connectivity index (χ1v) is 6.40. The molecule has 2 bridgehead atoms. The lowest BCUT2D eigenvalue weighted by atomic mass is 10.1. The van der Waals surface area contributed by atoms with Gasteiger partial charge in [0, 0.05) is 18.5 Å². The van der Waals surface area contributed by atoms with E-state index in [1.54, 1.807) is 0 Å². The van der Waals surface area contributed by atoms with Crippen LogP contribution >= 0.6 is 0 Å². The van der Waals surface area contributed by atoms with E-state index in [0.717, 1.165) is 12.8 Å². The molecule has 0 amide bonds. The van der Waals surface area contributed by atoms with Gasteiger partial charge in [0.2, 0.25) is 0 Å². The second-order valence-electron chi connectivity index (χ2n) is 5.14. The van der Waals surface area contributed by atoms with Gasteiger partial charge < -0.3 is 14.8 Å². The average Bonchev–Trinajstić information content (AvgIpc) is 2.86. The summed E-state index contributed by atoms with van der Waals surface area (Å²) in [6.07, 6.45) is 5.99. The standard InChI is InChI=1S/C13H21NO3/c1-9(2)14-5-6-16-13(15)17-12-8-10-3-4-11(12)7-10/h3-4,9-12,14H,5-8H2,1-2H3. The second kappa shape index (κ2) is 5.54. The van der Waals surface area contributed by atoms with Crippen molar-refractivity contribution in [3.8, 4) is 0 Å². The van der Waals surface area contributed by atoms with Crippen molar-refractivity contribution < 1.29 is 14.3 Å². The number of hydrogen-bond donors (Lipinski definition) is 1. The fraction of sp³-hybridized carbons (Fsp3) is 0.769. The van der Waals surface area contributed by atoms with E-state index in [9.17, 15) is 4.79 Å². The van der Waals surface area contributed by atoms with E-state index in [4.69, 9.17) is 9.47 Å². The smallest absolute Gasteiger partial charge is 0.433 e. The highest BCUT2D eigenvalue weighted by Gasteiger charge is 2.38. The molecule has 4 nitrogen and oxygen atoms in total. The number of rotatable bonds is 5. The van der Waals surface area contributed by atoms with Crippen LogP contribution in [0.1, 0.15) is 26.7 Å². The van der Waals surface area contributed by atoms with Crippen LogP contribution < -0.4 is 5.32 Å². The summed E-state index contributed by atoms with van der Waals surface area (Å²) in [7, 11) is 0. The van der Waals surface area contributed by atoms with Gasteiger partial charge in [0.1, 0.15) is 12.7 Å². The number of fused-ring (bicyclic) bond motifs is 2. The molecule has 3 atom stereocenters. The zero-order chi connectivity index (χ0) is 12.3. The van der Waals surface area contributed by atoms with Gasteiger partial charge in [0.25, 0.3) is 0 Å². The Morgan fingerprint density at radius 1 is 1.41 bits per heavy atom. The maximum absolute atomic E-state index is 11.4. The van der Waals surface area contributed by atoms with E-state index in [0.29, 0.717) is 31.0 Å². The minimum atomic E-state index is -0.526. The van der Waals surface area contributed by atoms with Crippen LogP contribution in [0.2, 0.25) is 0 Å². The van der Waals surface area contributed by atoms with Crippen LogP contribution in [0.15, 0.2) is 12.2 Å². The predicted molar refractivity (Wildman–Crippen MR) is 64.7 cm³/mol.